The molecule has 0 spiro atoms. The number of nitrogens with one attached hydrogen (secondary N) is 2. The molecule has 2 amide bonds. The monoisotopic (exact) mass is 286 g/mol. The van der Waals surface area contributed by atoms with Crippen LogP contribution in [0.4, 0.5) is 0 Å². The van der Waals surface area contributed by atoms with Gasteiger partial charge in [0, 0.05) is 24.6 Å². The van der Waals surface area contributed by atoms with Gasteiger partial charge in [0.25, 0.3) is 5.91 Å². The molecule has 1 aromatic rings. The third-order valence-corrected chi connectivity index (χ3v) is 4.82. The minimum absolute atomic E-state index is 0.0928. The van der Waals surface area contributed by atoms with E-state index in [1.165, 1.54) is 19.3 Å². The van der Waals surface area contributed by atoms with Gasteiger partial charge in [-0.05, 0) is 43.2 Å². The largest absolute Gasteiger partial charge is 0.354 e. The summed E-state index contributed by atoms with van der Waals surface area (Å²) in [6.07, 6.45) is 4.82. The summed E-state index contributed by atoms with van der Waals surface area (Å²) < 4.78 is 0. The summed E-state index contributed by atoms with van der Waals surface area (Å²) in [5, 5.41) is 5.79. The van der Waals surface area contributed by atoms with Crippen LogP contribution in [0.25, 0.3) is 0 Å². The van der Waals surface area contributed by atoms with Crippen LogP contribution >= 0.6 is 0 Å². The molecule has 2 fully saturated rings. The molecule has 0 aromatic heterocycles. The van der Waals surface area contributed by atoms with Crippen LogP contribution in [0.15, 0.2) is 30.3 Å². The van der Waals surface area contributed by atoms with Crippen LogP contribution in [-0.2, 0) is 4.79 Å². The van der Waals surface area contributed by atoms with Crippen molar-refractivity contribution in [2.24, 2.45) is 17.8 Å². The smallest absolute Gasteiger partial charge is 0.251 e. The van der Waals surface area contributed by atoms with Crippen LogP contribution in [0, 0.1) is 17.8 Å². The van der Waals surface area contributed by atoms with E-state index in [1.54, 1.807) is 12.1 Å². The van der Waals surface area contributed by atoms with E-state index in [4.69, 9.17) is 0 Å². The van der Waals surface area contributed by atoms with Crippen molar-refractivity contribution in [2.45, 2.75) is 25.7 Å². The normalized spacial score (nSPS) is 26.6. The molecule has 0 aliphatic heterocycles. The molecular weight excluding hydrogens is 264 g/mol. The van der Waals surface area contributed by atoms with Gasteiger partial charge in [0.05, 0.1) is 0 Å². The van der Waals surface area contributed by atoms with Gasteiger partial charge >= 0.3 is 0 Å². The van der Waals surface area contributed by atoms with E-state index in [2.05, 4.69) is 10.6 Å². The van der Waals surface area contributed by atoms with Gasteiger partial charge in [-0.25, -0.2) is 0 Å². The van der Waals surface area contributed by atoms with Crippen LogP contribution in [0.5, 0.6) is 0 Å². The fourth-order valence-electron chi connectivity index (χ4n) is 3.75. The van der Waals surface area contributed by atoms with Gasteiger partial charge in [-0.1, -0.05) is 24.6 Å². The summed E-state index contributed by atoms with van der Waals surface area (Å²) in [5.74, 6) is 1.69. The lowest BCUT2D eigenvalue weighted by Crippen LogP contribution is -2.39. The number of fused-ring (bicyclic) bond motifs is 2. The predicted octanol–water partition coefficient (Wildman–Crippen LogP) is 1.97. The molecule has 3 unspecified atom stereocenters. The Morgan fingerprint density at radius 2 is 1.76 bits per heavy atom. The zero-order chi connectivity index (χ0) is 14.7. The molecule has 1 aromatic carbocycles. The molecule has 3 atom stereocenters. The van der Waals surface area contributed by atoms with E-state index in [-0.39, 0.29) is 17.7 Å². The predicted molar refractivity (Wildman–Crippen MR) is 80.7 cm³/mol. The van der Waals surface area contributed by atoms with Crippen molar-refractivity contribution in [3.05, 3.63) is 35.9 Å². The first-order valence-corrected chi connectivity index (χ1v) is 7.85. The lowest BCUT2D eigenvalue weighted by molar-refractivity contribution is -0.126. The van der Waals surface area contributed by atoms with Crippen molar-refractivity contribution in [2.75, 3.05) is 13.1 Å². The summed E-state index contributed by atoms with van der Waals surface area (Å²) >= 11 is 0. The van der Waals surface area contributed by atoms with Crippen molar-refractivity contribution in [1.29, 1.82) is 0 Å². The highest BCUT2D eigenvalue weighted by atomic mass is 16.2. The molecule has 2 aliphatic carbocycles. The van der Waals surface area contributed by atoms with Crippen molar-refractivity contribution in [3.63, 3.8) is 0 Å². The summed E-state index contributed by atoms with van der Waals surface area (Å²) in [4.78, 5) is 24.0. The van der Waals surface area contributed by atoms with E-state index in [0.29, 0.717) is 24.6 Å². The lowest BCUT2D eigenvalue weighted by atomic mass is 9.88. The van der Waals surface area contributed by atoms with Gasteiger partial charge in [-0.15, -0.1) is 0 Å². The molecular formula is C17H22N2O2. The fraction of sp³-hybridized carbons (Fsp3) is 0.529. The summed E-state index contributed by atoms with van der Waals surface area (Å²) in [6.45, 7) is 0.978. The Bertz CT molecular complexity index is 515. The molecule has 0 radical (unpaired) electrons. The highest BCUT2D eigenvalue weighted by Crippen LogP contribution is 2.48. The van der Waals surface area contributed by atoms with Crippen molar-refractivity contribution in [1.82, 2.24) is 10.6 Å². The first-order valence-electron chi connectivity index (χ1n) is 7.85. The Morgan fingerprint density at radius 3 is 2.43 bits per heavy atom. The molecule has 2 bridgehead atoms. The van der Waals surface area contributed by atoms with Gasteiger partial charge in [0.15, 0.2) is 0 Å². The van der Waals surface area contributed by atoms with E-state index in [0.717, 1.165) is 12.3 Å². The Morgan fingerprint density at radius 1 is 1.00 bits per heavy atom. The van der Waals surface area contributed by atoms with Crippen molar-refractivity contribution < 1.29 is 9.59 Å². The van der Waals surface area contributed by atoms with Gasteiger partial charge in [-0.3, -0.25) is 9.59 Å². The van der Waals surface area contributed by atoms with Gasteiger partial charge in [-0.2, -0.15) is 0 Å². The molecule has 3 rings (SSSR count). The number of benzene rings is 1. The van der Waals surface area contributed by atoms with Gasteiger partial charge < -0.3 is 10.6 Å². The zero-order valence-electron chi connectivity index (χ0n) is 12.2. The third kappa shape index (κ3) is 3.26. The second kappa shape index (κ2) is 6.29. The highest BCUT2D eigenvalue weighted by Gasteiger charge is 2.42. The molecule has 21 heavy (non-hydrogen) atoms. The highest BCUT2D eigenvalue weighted by molar-refractivity contribution is 5.94. The fourth-order valence-corrected chi connectivity index (χ4v) is 3.75. The van der Waals surface area contributed by atoms with Crippen LogP contribution in [0.1, 0.15) is 36.0 Å². The van der Waals surface area contributed by atoms with Crippen molar-refractivity contribution >= 4 is 11.8 Å². The minimum atomic E-state index is -0.0928. The first kappa shape index (κ1) is 14.1. The summed E-state index contributed by atoms with van der Waals surface area (Å²) in [7, 11) is 0. The molecule has 0 heterocycles. The zero-order valence-corrected chi connectivity index (χ0v) is 12.2. The number of hydrogen-bond donors (Lipinski definition) is 2. The Hall–Kier alpha value is -1.84. The summed E-state index contributed by atoms with van der Waals surface area (Å²) in [6, 6.07) is 9.12. The second-order valence-corrected chi connectivity index (χ2v) is 6.19. The summed E-state index contributed by atoms with van der Waals surface area (Å²) in [5.41, 5.74) is 0.650. The van der Waals surface area contributed by atoms with Crippen LogP contribution in [-0.4, -0.2) is 24.9 Å². The SMILES string of the molecule is O=C(NCCNC(=O)C1CC2CCC1C2)c1ccccc1. The van der Waals surface area contributed by atoms with Gasteiger partial charge in [0.1, 0.15) is 0 Å². The standard InChI is InChI=1S/C17H22N2O2/c20-16(13-4-2-1-3-5-13)18-8-9-19-17(21)15-11-12-6-7-14(15)10-12/h1-5,12,14-15H,6-11H2,(H,18,20)(H,19,21). The van der Waals surface area contributed by atoms with Crippen LogP contribution in [0.2, 0.25) is 0 Å². The number of hydrogen-bond acceptors (Lipinski definition) is 2. The van der Waals surface area contributed by atoms with E-state index < -0.39 is 0 Å². The number of carbonyl (C=O) groups is 2. The quantitative estimate of drug-likeness (QED) is 0.813. The van der Waals surface area contributed by atoms with Crippen LogP contribution in [0.3, 0.4) is 0 Å². The molecule has 2 aliphatic rings. The Balaban J connectivity index is 1.37. The maximum Gasteiger partial charge on any atom is 0.251 e. The third-order valence-electron chi connectivity index (χ3n) is 4.82. The van der Waals surface area contributed by atoms with E-state index in [9.17, 15) is 9.59 Å². The first-order chi connectivity index (χ1) is 10.2. The molecule has 2 saturated carbocycles. The topological polar surface area (TPSA) is 58.2 Å². The average Bonchev–Trinajstić information content (AvgIpc) is 3.15. The van der Waals surface area contributed by atoms with Gasteiger partial charge in [0.2, 0.25) is 5.91 Å². The van der Waals surface area contributed by atoms with Crippen LogP contribution < -0.4 is 10.6 Å². The molecule has 4 heteroatoms. The number of rotatable bonds is 5. The number of amides is 2. The molecule has 112 valence electrons. The molecule has 2 N–H and O–H groups in total. The van der Waals surface area contributed by atoms with E-state index in [1.807, 2.05) is 18.2 Å². The van der Waals surface area contributed by atoms with Crippen molar-refractivity contribution in [3.8, 4) is 0 Å². The molecule has 4 nitrogen and oxygen atoms in total. The van der Waals surface area contributed by atoms with E-state index >= 15 is 0 Å². The maximum atomic E-state index is 12.1. The lowest BCUT2D eigenvalue weighted by Gasteiger charge is -2.20. The minimum Gasteiger partial charge on any atom is -0.354 e. The second-order valence-electron chi connectivity index (χ2n) is 6.19. The Kier molecular flexibility index (Phi) is 4.23. The average molecular weight is 286 g/mol. The number of carbonyl (C=O) groups excluding carboxylic acids is 2. The maximum absolute atomic E-state index is 12.1. The molecule has 0 saturated heterocycles. The Labute approximate surface area is 125 Å².